The van der Waals surface area contributed by atoms with Gasteiger partial charge in [0.1, 0.15) is 11.8 Å². The largest absolute Gasteiger partial charge is 0.497 e. The van der Waals surface area contributed by atoms with Crippen LogP contribution >= 0.6 is 11.3 Å². The van der Waals surface area contributed by atoms with Crippen molar-refractivity contribution < 1.29 is 9.47 Å². The Kier molecular flexibility index (Phi) is 7.69. The first kappa shape index (κ1) is 24.8. The van der Waals surface area contributed by atoms with Gasteiger partial charge < -0.3 is 14.5 Å². The molecule has 0 amide bonds. The second-order valence-electron chi connectivity index (χ2n) is 8.63. The number of aromatic nitrogens is 5. The number of ether oxygens (including phenoxy) is 2. The minimum absolute atomic E-state index is 0.187. The summed E-state index contributed by atoms with van der Waals surface area (Å²) >= 11 is 1.68. The highest BCUT2D eigenvalue weighted by molar-refractivity contribution is 7.09. The quantitative estimate of drug-likeness (QED) is 0.283. The number of pyridine rings is 1. The minimum Gasteiger partial charge on any atom is -0.497 e. The summed E-state index contributed by atoms with van der Waals surface area (Å²) in [5, 5.41) is 15.6. The highest BCUT2D eigenvalue weighted by Crippen LogP contribution is 2.31. The molecule has 3 heterocycles. The van der Waals surface area contributed by atoms with Crippen molar-refractivity contribution in [1.82, 2.24) is 30.1 Å². The Labute approximate surface area is 218 Å². The molecule has 9 nitrogen and oxygen atoms in total. The number of nitrogens with one attached hydrogen (secondary N) is 1. The zero-order valence-corrected chi connectivity index (χ0v) is 21.5. The van der Waals surface area contributed by atoms with Crippen LogP contribution in [-0.2, 0) is 24.4 Å². The Morgan fingerprint density at radius 1 is 1.05 bits per heavy atom. The molecule has 5 rings (SSSR count). The van der Waals surface area contributed by atoms with Gasteiger partial charge in [-0.3, -0.25) is 9.69 Å². The van der Waals surface area contributed by atoms with Crippen LogP contribution in [0.2, 0.25) is 0 Å². The third-order valence-corrected chi connectivity index (χ3v) is 7.08. The van der Waals surface area contributed by atoms with Gasteiger partial charge in [0.15, 0.2) is 5.82 Å². The lowest BCUT2D eigenvalue weighted by atomic mass is 10.0. The second-order valence-corrected chi connectivity index (χ2v) is 9.66. The Bertz CT molecular complexity index is 1500. The predicted molar refractivity (Wildman–Crippen MR) is 143 cm³/mol. The van der Waals surface area contributed by atoms with Crippen molar-refractivity contribution in [2.45, 2.75) is 25.7 Å². The Hall–Kier alpha value is -3.86. The van der Waals surface area contributed by atoms with Crippen LogP contribution in [0.1, 0.15) is 27.9 Å². The van der Waals surface area contributed by atoms with Gasteiger partial charge in [-0.15, -0.1) is 16.4 Å². The number of H-pyrrole nitrogens is 1. The maximum absolute atomic E-state index is 13.6. The molecule has 1 atom stereocenters. The monoisotopic (exact) mass is 516 g/mol. The molecule has 37 heavy (non-hydrogen) atoms. The average molecular weight is 517 g/mol. The molecule has 0 saturated heterocycles. The molecular formula is C27H28N6O3S. The first-order chi connectivity index (χ1) is 18.2. The van der Waals surface area contributed by atoms with E-state index in [1.165, 1.54) is 4.88 Å². The van der Waals surface area contributed by atoms with Crippen LogP contribution in [0, 0.1) is 0 Å². The van der Waals surface area contributed by atoms with Crippen LogP contribution in [0.5, 0.6) is 5.75 Å². The Morgan fingerprint density at radius 2 is 1.92 bits per heavy atom. The van der Waals surface area contributed by atoms with E-state index in [-0.39, 0.29) is 5.56 Å². The normalized spacial score (nSPS) is 12.3. The van der Waals surface area contributed by atoms with Crippen LogP contribution in [0.25, 0.3) is 10.9 Å². The van der Waals surface area contributed by atoms with E-state index in [1.54, 1.807) is 30.2 Å². The maximum Gasteiger partial charge on any atom is 0.253 e. The minimum atomic E-state index is -0.520. The number of aromatic amines is 1. The Morgan fingerprint density at radius 3 is 2.68 bits per heavy atom. The summed E-state index contributed by atoms with van der Waals surface area (Å²) in [6.07, 6.45) is 0. The summed E-state index contributed by atoms with van der Waals surface area (Å²) in [6.45, 7) is 2.12. The van der Waals surface area contributed by atoms with E-state index < -0.39 is 6.04 Å². The fourth-order valence-corrected chi connectivity index (χ4v) is 5.16. The lowest BCUT2D eigenvalue weighted by Crippen LogP contribution is -2.35. The van der Waals surface area contributed by atoms with Gasteiger partial charge in [0.25, 0.3) is 5.56 Å². The first-order valence-electron chi connectivity index (χ1n) is 11.9. The van der Waals surface area contributed by atoms with Crippen LogP contribution in [0.3, 0.4) is 0 Å². The molecule has 1 N–H and O–H groups in total. The number of rotatable bonds is 11. The summed E-state index contributed by atoms with van der Waals surface area (Å²) < 4.78 is 12.4. The molecule has 5 aromatic rings. The molecule has 10 heteroatoms. The summed E-state index contributed by atoms with van der Waals surface area (Å²) in [7, 11) is 3.27. The van der Waals surface area contributed by atoms with E-state index in [2.05, 4.69) is 49.0 Å². The van der Waals surface area contributed by atoms with Crippen molar-refractivity contribution in [2.75, 3.05) is 20.8 Å². The van der Waals surface area contributed by atoms with Crippen molar-refractivity contribution in [1.29, 1.82) is 0 Å². The lowest BCUT2D eigenvalue weighted by Gasteiger charge is -2.30. The lowest BCUT2D eigenvalue weighted by molar-refractivity contribution is 0.169. The van der Waals surface area contributed by atoms with Crippen LogP contribution in [-0.4, -0.2) is 50.9 Å². The van der Waals surface area contributed by atoms with E-state index in [0.717, 1.165) is 16.5 Å². The van der Waals surface area contributed by atoms with Crippen molar-refractivity contribution in [3.8, 4) is 5.75 Å². The number of fused-ring (bicyclic) bond motifs is 1. The van der Waals surface area contributed by atoms with Crippen LogP contribution in [0.4, 0.5) is 0 Å². The molecule has 0 aliphatic heterocycles. The summed E-state index contributed by atoms with van der Waals surface area (Å²) in [5.74, 6) is 1.30. The summed E-state index contributed by atoms with van der Waals surface area (Å²) in [4.78, 5) is 20.1. The molecule has 0 radical (unpaired) electrons. The van der Waals surface area contributed by atoms with E-state index >= 15 is 0 Å². The molecule has 0 unspecified atom stereocenters. The number of nitrogens with zero attached hydrogens (tertiary/aromatic N) is 5. The van der Waals surface area contributed by atoms with Gasteiger partial charge in [-0.1, -0.05) is 36.4 Å². The number of hydrogen-bond donors (Lipinski definition) is 1. The van der Waals surface area contributed by atoms with Gasteiger partial charge in [-0.2, -0.15) is 0 Å². The molecule has 3 aromatic heterocycles. The van der Waals surface area contributed by atoms with Crippen LogP contribution < -0.4 is 10.3 Å². The first-order valence-corrected chi connectivity index (χ1v) is 12.8. The maximum atomic E-state index is 13.6. The van der Waals surface area contributed by atoms with Gasteiger partial charge in [0, 0.05) is 41.5 Å². The molecule has 0 spiro atoms. The average Bonchev–Trinajstić information content (AvgIpc) is 3.60. The number of tetrazole rings is 1. The summed E-state index contributed by atoms with van der Waals surface area (Å²) in [6, 6.07) is 21.3. The molecule has 0 saturated carbocycles. The SMILES string of the molecule is COCCn1nnnc1[C@H](c1cc2cc(OC)ccc2[nH]c1=O)N(Cc1ccccc1)Cc1cccs1. The molecule has 2 aromatic carbocycles. The zero-order valence-electron chi connectivity index (χ0n) is 20.7. The molecular weight excluding hydrogens is 488 g/mol. The highest BCUT2D eigenvalue weighted by Gasteiger charge is 2.31. The smallest absolute Gasteiger partial charge is 0.253 e. The summed E-state index contributed by atoms with van der Waals surface area (Å²) in [5.41, 5.74) is 2.23. The van der Waals surface area contributed by atoms with E-state index in [0.29, 0.717) is 43.4 Å². The van der Waals surface area contributed by atoms with Gasteiger partial charge >= 0.3 is 0 Å². The molecule has 0 aliphatic rings. The van der Waals surface area contributed by atoms with Crippen molar-refractivity contribution in [3.05, 3.63) is 104 Å². The van der Waals surface area contributed by atoms with Gasteiger partial charge in [-0.05, 0) is 51.7 Å². The van der Waals surface area contributed by atoms with E-state index in [4.69, 9.17) is 9.47 Å². The van der Waals surface area contributed by atoms with Crippen molar-refractivity contribution >= 4 is 22.2 Å². The van der Waals surface area contributed by atoms with Crippen LogP contribution in [0.15, 0.2) is 76.9 Å². The topological polar surface area (TPSA) is 98.2 Å². The second kappa shape index (κ2) is 11.5. The molecule has 0 aliphatic carbocycles. The van der Waals surface area contributed by atoms with Gasteiger partial charge in [0.05, 0.1) is 20.3 Å². The zero-order chi connectivity index (χ0) is 25.6. The number of hydrogen-bond acceptors (Lipinski definition) is 8. The Balaban J connectivity index is 1.68. The number of thiophene rings is 1. The molecule has 0 fully saturated rings. The molecule has 190 valence electrons. The predicted octanol–water partition coefficient (Wildman–Crippen LogP) is 4.02. The fourth-order valence-electron chi connectivity index (χ4n) is 4.43. The fraction of sp³-hybridized carbons (Fsp3) is 0.259. The van der Waals surface area contributed by atoms with Gasteiger partial charge in [-0.25, -0.2) is 4.68 Å². The van der Waals surface area contributed by atoms with E-state index in [1.807, 2.05) is 48.5 Å². The highest BCUT2D eigenvalue weighted by atomic mass is 32.1. The van der Waals surface area contributed by atoms with E-state index in [9.17, 15) is 4.79 Å². The van der Waals surface area contributed by atoms with Crippen molar-refractivity contribution in [3.63, 3.8) is 0 Å². The van der Waals surface area contributed by atoms with Gasteiger partial charge in [0.2, 0.25) is 0 Å². The standard InChI is InChI=1S/C27H28N6O3S/c1-35-13-12-33-26(29-30-31-33)25(23-16-20-15-21(36-2)10-11-24(20)28-27(23)34)32(18-22-9-6-14-37-22)17-19-7-4-3-5-8-19/h3-11,14-16,25H,12-13,17-18H2,1-2H3,(H,28,34)/t25-/m0/s1. The third kappa shape index (κ3) is 5.61. The molecule has 0 bridgehead atoms. The third-order valence-electron chi connectivity index (χ3n) is 6.22. The number of methoxy groups -OCH3 is 2. The number of benzene rings is 2. The van der Waals surface area contributed by atoms with Crippen molar-refractivity contribution in [2.24, 2.45) is 0 Å².